The third kappa shape index (κ3) is 3.72. The summed E-state index contributed by atoms with van der Waals surface area (Å²) in [6.45, 7) is 8.80. The van der Waals surface area contributed by atoms with E-state index in [0.717, 1.165) is 31.4 Å². The van der Waals surface area contributed by atoms with E-state index >= 15 is 0 Å². The fourth-order valence-electron chi connectivity index (χ4n) is 2.15. The van der Waals surface area contributed by atoms with Gasteiger partial charge in [-0.05, 0) is 31.9 Å². The summed E-state index contributed by atoms with van der Waals surface area (Å²) < 4.78 is 5.44. The van der Waals surface area contributed by atoms with Gasteiger partial charge in [-0.3, -0.25) is 4.90 Å². The van der Waals surface area contributed by atoms with Crippen molar-refractivity contribution in [3.05, 3.63) is 36.8 Å². The Morgan fingerprint density at radius 2 is 2.47 bits per heavy atom. The molecule has 0 amide bonds. The average molecular weight is 234 g/mol. The molecule has 1 aromatic rings. The summed E-state index contributed by atoms with van der Waals surface area (Å²) in [7, 11) is 0. The van der Waals surface area contributed by atoms with E-state index in [1.807, 2.05) is 12.1 Å². The second-order valence-corrected chi connectivity index (χ2v) is 4.78. The van der Waals surface area contributed by atoms with E-state index in [2.05, 4.69) is 29.8 Å². The van der Waals surface area contributed by atoms with Gasteiger partial charge in [0.1, 0.15) is 5.76 Å². The highest BCUT2D eigenvalue weighted by Crippen LogP contribution is 2.30. The topological polar surface area (TPSA) is 28.4 Å². The normalized spacial score (nSPS) is 17.3. The van der Waals surface area contributed by atoms with Crippen molar-refractivity contribution in [2.45, 2.75) is 38.4 Å². The molecule has 1 N–H and O–H groups in total. The van der Waals surface area contributed by atoms with Gasteiger partial charge in [-0.2, -0.15) is 0 Å². The first-order valence-electron chi connectivity index (χ1n) is 6.41. The smallest absolute Gasteiger partial charge is 0.117 e. The molecule has 0 bridgehead atoms. The van der Waals surface area contributed by atoms with E-state index in [9.17, 15) is 0 Å². The monoisotopic (exact) mass is 234 g/mol. The first-order valence-corrected chi connectivity index (χ1v) is 6.41. The van der Waals surface area contributed by atoms with Crippen molar-refractivity contribution in [1.82, 2.24) is 10.2 Å². The molecule has 1 heterocycles. The molecule has 1 aliphatic rings. The van der Waals surface area contributed by atoms with Crippen LogP contribution in [0.1, 0.15) is 25.5 Å². The third-order valence-electron chi connectivity index (χ3n) is 3.23. The van der Waals surface area contributed by atoms with E-state index in [-0.39, 0.29) is 0 Å². The number of nitrogens with zero attached hydrogens (tertiary/aromatic N) is 1. The molecule has 2 rings (SSSR count). The summed E-state index contributed by atoms with van der Waals surface area (Å²) in [5, 5.41) is 3.39. The molecule has 1 aliphatic carbocycles. The molecule has 17 heavy (non-hydrogen) atoms. The predicted octanol–water partition coefficient (Wildman–Crippen LogP) is 2.41. The van der Waals surface area contributed by atoms with Crippen LogP contribution >= 0.6 is 0 Å². The van der Waals surface area contributed by atoms with Gasteiger partial charge in [0.25, 0.3) is 0 Å². The number of rotatable bonds is 8. The first kappa shape index (κ1) is 12.4. The largest absolute Gasteiger partial charge is 0.468 e. The van der Waals surface area contributed by atoms with Gasteiger partial charge < -0.3 is 9.73 Å². The molecule has 3 heteroatoms. The Bertz CT molecular complexity index is 330. The van der Waals surface area contributed by atoms with Crippen molar-refractivity contribution in [2.24, 2.45) is 0 Å². The SMILES string of the molecule is C=CCNCC(C)N(Cc1ccco1)C1CC1. The zero-order chi connectivity index (χ0) is 12.1. The van der Waals surface area contributed by atoms with E-state index in [4.69, 9.17) is 4.42 Å². The van der Waals surface area contributed by atoms with Gasteiger partial charge in [-0.1, -0.05) is 6.08 Å². The first-order chi connectivity index (χ1) is 8.31. The molecule has 94 valence electrons. The Labute approximate surface area is 103 Å². The van der Waals surface area contributed by atoms with E-state index < -0.39 is 0 Å². The lowest BCUT2D eigenvalue weighted by molar-refractivity contribution is 0.172. The second-order valence-electron chi connectivity index (χ2n) is 4.78. The summed E-state index contributed by atoms with van der Waals surface area (Å²) in [6, 6.07) is 5.30. The molecular formula is C14H22N2O. The van der Waals surface area contributed by atoms with Gasteiger partial charge >= 0.3 is 0 Å². The van der Waals surface area contributed by atoms with Crippen LogP contribution < -0.4 is 5.32 Å². The Hall–Kier alpha value is -1.06. The van der Waals surface area contributed by atoms with Crippen molar-refractivity contribution in [2.75, 3.05) is 13.1 Å². The molecule has 1 unspecified atom stereocenters. The van der Waals surface area contributed by atoms with Crippen LogP contribution in [-0.4, -0.2) is 30.1 Å². The molecule has 1 saturated carbocycles. The van der Waals surface area contributed by atoms with Crippen LogP contribution in [0.3, 0.4) is 0 Å². The van der Waals surface area contributed by atoms with Crippen molar-refractivity contribution in [3.63, 3.8) is 0 Å². The lowest BCUT2D eigenvalue weighted by Gasteiger charge is -2.28. The minimum absolute atomic E-state index is 0.535. The zero-order valence-corrected chi connectivity index (χ0v) is 10.6. The van der Waals surface area contributed by atoms with Crippen LogP contribution in [0.2, 0.25) is 0 Å². The van der Waals surface area contributed by atoms with E-state index in [1.165, 1.54) is 12.8 Å². The molecule has 0 radical (unpaired) electrons. The van der Waals surface area contributed by atoms with Gasteiger partial charge in [0, 0.05) is 25.2 Å². The molecule has 1 fully saturated rings. The van der Waals surface area contributed by atoms with Crippen LogP contribution in [0.15, 0.2) is 35.5 Å². The van der Waals surface area contributed by atoms with E-state index in [0.29, 0.717) is 6.04 Å². The molecule has 0 saturated heterocycles. The number of furan rings is 1. The Kier molecular flexibility index (Phi) is 4.40. The van der Waals surface area contributed by atoms with Crippen LogP contribution in [0.4, 0.5) is 0 Å². The second kappa shape index (κ2) is 6.03. The van der Waals surface area contributed by atoms with Crippen molar-refractivity contribution >= 4 is 0 Å². The average Bonchev–Trinajstić information content (AvgIpc) is 3.03. The van der Waals surface area contributed by atoms with Crippen LogP contribution in [0.5, 0.6) is 0 Å². The van der Waals surface area contributed by atoms with Gasteiger partial charge in [-0.25, -0.2) is 0 Å². The third-order valence-corrected chi connectivity index (χ3v) is 3.23. The van der Waals surface area contributed by atoms with Crippen molar-refractivity contribution in [3.8, 4) is 0 Å². The lowest BCUT2D eigenvalue weighted by atomic mass is 10.2. The fourth-order valence-corrected chi connectivity index (χ4v) is 2.15. The quantitative estimate of drug-likeness (QED) is 0.553. The molecule has 1 atom stereocenters. The standard InChI is InChI=1S/C14H22N2O/c1-3-8-15-10-12(2)16(13-6-7-13)11-14-5-4-9-17-14/h3-5,9,12-13,15H,1,6-8,10-11H2,2H3. The van der Waals surface area contributed by atoms with Crippen molar-refractivity contribution in [1.29, 1.82) is 0 Å². The molecule has 0 aromatic carbocycles. The summed E-state index contributed by atoms with van der Waals surface area (Å²) in [5.74, 6) is 1.06. The number of hydrogen-bond donors (Lipinski definition) is 1. The lowest BCUT2D eigenvalue weighted by Crippen LogP contribution is -2.41. The van der Waals surface area contributed by atoms with Gasteiger partial charge in [0.15, 0.2) is 0 Å². The van der Waals surface area contributed by atoms with Crippen LogP contribution in [0.25, 0.3) is 0 Å². The minimum Gasteiger partial charge on any atom is -0.468 e. The predicted molar refractivity (Wildman–Crippen MR) is 69.8 cm³/mol. The molecule has 1 aromatic heterocycles. The van der Waals surface area contributed by atoms with Gasteiger partial charge in [0.2, 0.25) is 0 Å². The summed E-state index contributed by atoms with van der Waals surface area (Å²) in [4.78, 5) is 2.54. The zero-order valence-electron chi connectivity index (χ0n) is 10.6. The molecule has 0 aliphatic heterocycles. The maximum Gasteiger partial charge on any atom is 0.117 e. The maximum atomic E-state index is 5.44. The minimum atomic E-state index is 0.535. The summed E-state index contributed by atoms with van der Waals surface area (Å²) >= 11 is 0. The highest BCUT2D eigenvalue weighted by Gasteiger charge is 2.32. The molecular weight excluding hydrogens is 212 g/mol. The van der Waals surface area contributed by atoms with E-state index in [1.54, 1.807) is 6.26 Å². The van der Waals surface area contributed by atoms with Crippen LogP contribution in [-0.2, 0) is 6.54 Å². The fraction of sp³-hybridized carbons (Fsp3) is 0.571. The molecule has 3 nitrogen and oxygen atoms in total. The van der Waals surface area contributed by atoms with Crippen LogP contribution in [0, 0.1) is 0 Å². The highest BCUT2D eigenvalue weighted by molar-refractivity contribution is 5.00. The summed E-state index contributed by atoms with van der Waals surface area (Å²) in [5.41, 5.74) is 0. The Balaban J connectivity index is 1.85. The maximum absolute atomic E-state index is 5.44. The van der Waals surface area contributed by atoms with Crippen molar-refractivity contribution < 1.29 is 4.42 Å². The summed E-state index contributed by atoms with van der Waals surface area (Å²) in [6.07, 6.45) is 6.31. The Morgan fingerprint density at radius 1 is 1.65 bits per heavy atom. The highest BCUT2D eigenvalue weighted by atomic mass is 16.3. The molecule has 0 spiro atoms. The number of hydrogen-bond acceptors (Lipinski definition) is 3. The van der Waals surface area contributed by atoms with Gasteiger partial charge in [0.05, 0.1) is 12.8 Å². The number of nitrogens with one attached hydrogen (secondary N) is 1. The van der Waals surface area contributed by atoms with Gasteiger partial charge in [-0.15, -0.1) is 6.58 Å². The Morgan fingerprint density at radius 3 is 3.06 bits per heavy atom.